The van der Waals surface area contributed by atoms with Gasteiger partial charge in [-0.3, -0.25) is 9.59 Å². The van der Waals surface area contributed by atoms with Crippen molar-refractivity contribution in [2.45, 2.75) is 33.2 Å². The molecular weight excluding hydrogens is 410 g/mol. The molecule has 0 spiro atoms. The number of nitrogens with one attached hydrogen (secondary N) is 2. The van der Waals surface area contributed by atoms with Gasteiger partial charge in [-0.05, 0) is 49.1 Å². The molecule has 0 saturated carbocycles. The molecule has 9 heteroatoms. The van der Waals surface area contributed by atoms with E-state index in [1.165, 1.54) is 0 Å². The maximum absolute atomic E-state index is 12.3. The van der Waals surface area contributed by atoms with Gasteiger partial charge in [-0.25, -0.2) is 9.67 Å². The first kappa shape index (κ1) is 23.1. The van der Waals surface area contributed by atoms with E-state index >= 15 is 0 Å². The second kappa shape index (κ2) is 10.1. The summed E-state index contributed by atoms with van der Waals surface area (Å²) in [6.07, 6.45) is 0.765. The maximum Gasteiger partial charge on any atom is 0.242 e. The highest BCUT2D eigenvalue weighted by Gasteiger charge is 2.18. The quantitative estimate of drug-likeness (QED) is 0.528. The van der Waals surface area contributed by atoms with Crippen LogP contribution in [0.1, 0.15) is 28.8 Å². The van der Waals surface area contributed by atoms with Crippen LogP contribution in [0.25, 0.3) is 11.0 Å². The van der Waals surface area contributed by atoms with Gasteiger partial charge in [0.05, 0.1) is 26.2 Å². The van der Waals surface area contributed by atoms with Gasteiger partial charge in [0.15, 0.2) is 5.65 Å². The Morgan fingerprint density at radius 3 is 2.41 bits per heavy atom. The molecule has 2 heterocycles. The Kier molecular flexibility index (Phi) is 7.29. The molecule has 0 radical (unpaired) electrons. The number of methoxy groups -OCH3 is 2. The third-order valence-corrected chi connectivity index (χ3v) is 5.41. The second-order valence-corrected chi connectivity index (χ2v) is 7.53. The lowest BCUT2D eigenvalue weighted by Crippen LogP contribution is -2.36. The van der Waals surface area contributed by atoms with Gasteiger partial charge in [0.2, 0.25) is 17.7 Å². The molecule has 2 N–H and O–H groups in total. The average Bonchev–Trinajstić information content (AvgIpc) is 3.11. The summed E-state index contributed by atoms with van der Waals surface area (Å²) in [5, 5.41) is 10.7. The molecule has 0 aliphatic rings. The molecule has 0 fully saturated rings. The van der Waals surface area contributed by atoms with E-state index in [1.807, 2.05) is 45.2 Å². The fourth-order valence-corrected chi connectivity index (χ4v) is 3.62. The standard InChI is InChI=1S/C23H29N5O4/c1-14-18(15(2)26-22-21(14)23(32-5)27-28(22)3)10-11-19(29)25-13-20(30)24-12-16-6-8-17(31-4)9-7-16/h6-9H,10-13H2,1-5H3,(H,24,30)(H,25,29). The van der Waals surface area contributed by atoms with E-state index in [0.717, 1.165) is 39.2 Å². The van der Waals surface area contributed by atoms with Crippen LogP contribution < -0.4 is 20.1 Å². The van der Waals surface area contributed by atoms with Gasteiger partial charge in [0.25, 0.3) is 0 Å². The summed E-state index contributed by atoms with van der Waals surface area (Å²) in [4.78, 5) is 29.0. The van der Waals surface area contributed by atoms with E-state index in [-0.39, 0.29) is 24.8 Å². The van der Waals surface area contributed by atoms with Crippen LogP contribution in [-0.4, -0.2) is 47.3 Å². The molecule has 0 saturated heterocycles. The van der Waals surface area contributed by atoms with E-state index in [0.29, 0.717) is 18.8 Å². The third-order valence-electron chi connectivity index (χ3n) is 5.41. The third kappa shape index (κ3) is 5.16. The van der Waals surface area contributed by atoms with Gasteiger partial charge in [-0.2, -0.15) is 0 Å². The number of carbonyl (C=O) groups is 2. The largest absolute Gasteiger partial charge is 0.497 e. The zero-order valence-electron chi connectivity index (χ0n) is 19.1. The number of aryl methyl sites for hydroxylation is 3. The van der Waals surface area contributed by atoms with Crippen LogP contribution >= 0.6 is 0 Å². The lowest BCUT2D eigenvalue weighted by Gasteiger charge is -2.11. The number of pyridine rings is 1. The monoisotopic (exact) mass is 439 g/mol. The second-order valence-electron chi connectivity index (χ2n) is 7.53. The van der Waals surface area contributed by atoms with Crippen LogP contribution in [0.15, 0.2) is 24.3 Å². The van der Waals surface area contributed by atoms with Crippen molar-refractivity contribution in [3.05, 3.63) is 46.6 Å². The number of aromatic nitrogens is 3. The highest BCUT2D eigenvalue weighted by atomic mass is 16.5. The number of nitrogens with zero attached hydrogens (tertiary/aromatic N) is 3. The van der Waals surface area contributed by atoms with Crippen molar-refractivity contribution in [1.82, 2.24) is 25.4 Å². The van der Waals surface area contributed by atoms with Crippen molar-refractivity contribution in [2.75, 3.05) is 20.8 Å². The number of rotatable bonds is 9. The molecule has 1 aromatic carbocycles. The first-order chi connectivity index (χ1) is 15.3. The van der Waals surface area contributed by atoms with Gasteiger partial charge in [0.1, 0.15) is 5.75 Å². The van der Waals surface area contributed by atoms with E-state index in [9.17, 15) is 9.59 Å². The Morgan fingerprint density at radius 1 is 1.03 bits per heavy atom. The van der Waals surface area contributed by atoms with Crippen molar-refractivity contribution in [3.63, 3.8) is 0 Å². The Hall–Kier alpha value is -3.62. The Morgan fingerprint density at radius 2 is 1.75 bits per heavy atom. The summed E-state index contributed by atoms with van der Waals surface area (Å²) in [6, 6.07) is 7.43. The summed E-state index contributed by atoms with van der Waals surface area (Å²) < 4.78 is 12.2. The van der Waals surface area contributed by atoms with Crippen LogP contribution in [0.5, 0.6) is 11.6 Å². The highest BCUT2D eigenvalue weighted by molar-refractivity contribution is 5.87. The lowest BCUT2D eigenvalue weighted by atomic mass is 10.00. The summed E-state index contributed by atoms with van der Waals surface area (Å²) in [5.74, 6) is 0.840. The number of fused-ring (bicyclic) bond motifs is 1. The lowest BCUT2D eigenvalue weighted by molar-refractivity contribution is -0.126. The number of hydrogen-bond donors (Lipinski definition) is 2. The summed E-state index contributed by atoms with van der Waals surface area (Å²) in [5.41, 5.74) is 4.54. The van der Waals surface area contributed by atoms with Gasteiger partial charge in [-0.1, -0.05) is 12.1 Å². The number of hydrogen-bond acceptors (Lipinski definition) is 6. The zero-order chi connectivity index (χ0) is 23.3. The molecule has 2 amide bonds. The predicted molar refractivity (Wildman–Crippen MR) is 121 cm³/mol. The van der Waals surface area contributed by atoms with Crippen LogP contribution in [0.2, 0.25) is 0 Å². The minimum absolute atomic E-state index is 0.0688. The van der Waals surface area contributed by atoms with E-state index in [4.69, 9.17) is 9.47 Å². The summed E-state index contributed by atoms with van der Waals surface area (Å²) >= 11 is 0. The number of amides is 2. The number of carbonyl (C=O) groups excluding carboxylic acids is 2. The van der Waals surface area contributed by atoms with Gasteiger partial charge < -0.3 is 20.1 Å². The van der Waals surface area contributed by atoms with E-state index in [1.54, 1.807) is 18.9 Å². The van der Waals surface area contributed by atoms with Gasteiger partial charge >= 0.3 is 0 Å². The van der Waals surface area contributed by atoms with Crippen molar-refractivity contribution in [2.24, 2.45) is 7.05 Å². The molecule has 170 valence electrons. The Balaban J connectivity index is 1.52. The van der Waals surface area contributed by atoms with Crippen LogP contribution in [0, 0.1) is 13.8 Å². The molecule has 0 aliphatic heterocycles. The van der Waals surface area contributed by atoms with Crippen molar-refractivity contribution in [1.29, 1.82) is 0 Å². The molecule has 0 bridgehead atoms. The molecule has 0 aliphatic carbocycles. The molecule has 3 rings (SSSR count). The van der Waals surface area contributed by atoms with Crippen molar-refractivity contribution >= 4 is 22.8 Å². The summed E-state index contributed by atoms with van der Waals surface area (Å²) in [6.45, 7) is 4.23. The van der Waals surface area contributed by atoms with Crippen molar-refractivity contribution < 1.29 is 19.1 Å². The average molecular weight is 440 g/mol. The fraction of sp³-hybridized carbons (Fsp3) is 0.391. The Labute approximate surface area is 187 Å². The van der Waals surface area contributed by atoms with Crippen LogP contribution in [0.3, 0.4) is 0 Å². The molecule has 32 heavy (non-hydrogen) atoms. The first-order valence-electron chi connectivity index (χ1n) is 10.4. The number of benzene rings is 1. The van der Waals surface area contributed by atoms with Gasteiger partial charge in [0, 0.05) is 25.7 Å². The topological polar surface area (TPSA) is 107 Å². The molecule has 3 aromatic rings. The SMILES string of the molecule is COc1ccc(CNC(=O)CNC(=O)CCc2c(C)nc3c(c(OC)nn3C)c2C)cc1. The van der Waals surface area contributed by atoms with E-state index in [2.05, 4.69) is 20.7 Å². The molecule has 9 nitrogen and oxygen atoms in total. The van der Waals surface area contributed by atoms with Gasteiger partial charge in [-0.15, -0.1) is 5.10 Å². The van der Waals surface area contributed by atoms with E-state index < -0.39 is 0 Å². The highest BCUT2D eigenvalue weighted by Crippen LogP contribution is 2.30. The predicted octanol–water partition coefficient (Wildman–Crippen LogP) is 1.97. The number of ether oxygens (including phenoxy) is 2. The zero-order valence-corrected chi connectivity index (χ0v) is 19.1. The fourth-order valence-electron chi connectivity index (χ4n) is 3.62. The van der Waals surface area contributed by atoms with Crippen LogP contribution in [-0.2, 0) is 29.6 Å². The molecular formula is C23H29N5O4. The molecule has 2 aromatic heterocycles. The van der Waals surface area contributed by atoms with Crippen LogP contribution in [0.4, 0.5) is 0 Å². The molecule has 0 atom stereocenters. The smallest absolute Gasteiger partial charge is 0.242 e. The Bertz CT molecular complexity index is 1120. The maximum atomic E-state index is 12.3. The molecule has 0 unspecified atom stereocenters. The summed E-state index contributed by atoms with van der Waals surface area (Å²) in [7, 11) is 5.00. The normalized spacial score (nSPS) is 10.8. The minimum Gasteiger partial charge on any atom is -0.497 e. The first-order valence-corrected chi connectivity index (χ1v) is 10.4. The minimum atomic E-state index is -0.246. The van der Waals surface area contributed by atoms with Crippen molar-refractivity contribution in [3.8, 4) is 11.6 Å².